The van der Waals surface area contributed by atoms with Crippen LogP contribution >= 0.6 is 35.3 Å². The zero-order valence-electron chi connectivity index (χ0n) is 19.4. The van der Waals surface area contributed by atoms with E-state index in [4.69, 9.17) is 0 Å². The molecule has 2 saturated heterocycles. The number of hydrogen-bond donors (Lipinski definition) is 1. The first-order valence-corrected chi connectivity index (χ1v) is 12.8. The van der Waals surface area contributed by atoms with Crippen molar-refractivity contribution in [2.24, 2.45) is 10.9 Å². The molecule has 9 heteroatoms. The van der Waals surface area contributed by atoms with Gasteiger partial charge < -0.3 is 15.1 Å². The molecule has 3 heterocycles. The fourth-order valence-electron chi connectivity index (χ4n) is 5.02. The van der Waals surface area contributed by atoms with Gasteiger partial charge in [-0.3, -0.25) is 19.6 Å². The van der Waals surface area contributed by atoms with Crippen LogP contribution in [-0.2, 0) is 11.3 Å². The molecule has 1 saturated carbocycles. The van der Waals surface area contributed by atoms with Crippen molar-refractivity contribution in [1.82, 2.24) is 24.9 Å². The Hall–Kier alpha value is -0.910. The van der Waals surface area contributed by atoms with Gasteiger partial charge in [0, 0.05) is 89.8 Å². The van der Waals surface area contributed by atoms with Crippen LogP contribution in [0.25, 0.3) is 0 Å². The average Bonchev–Trinajstić information content (AvgIpc) is 3.52. The molecule has 0 bridgehead atoms. The van der Waals surface area contributed by atoms with Gasteiger partial charge in [-0.05, 0) is 24.3 Å². The third-order valence-corrected chi connectivity index (χ3v) is 7.80. The van der Waals surface area contributed by atoms with Crippen molar-refractivity contribution in [3.8, 4) is 0 Å². The van der Waals surface area contributed by atoms with Crippen LogP contribution in [0.5, 0.6) is 0 Å². The van der Waals surface area contributed by atoms with Crippen molar-refractivity contribution in [2.45, 2.75) is 32.2 Å². The van der Waals surface area contributed by atoms with Gasteiger partial charge in [-0.2, -0.15) is 0 Å². The predicted octanol–water partition coefficient (Wildman–Crippen LogP) is 2.39. The van der Waals surface area contributed by atoms with Crippen LogP contribution in [0.4, 0.5) is 0 Å². The summed E-state index contributed by atoms with van der Waals surface area (Å²) in [6.07, 6.45) is 4.66. The molecule has 1 aliphatic carbocycles. The van der Waals surface area contributed by atoms with E-state index < -0.39 is 0 Å². The highest BCUT2D eigenvalue weighted by atomic mass is 127. The molecule has 0 radical (unpaired) electrons. The van der Waals surface area contributed by atoms with Crippen LogP contribution in [0.2, 0.25) is 0 Å². The van der Waals surface area contributed by atoms with E-state index in [1.165, 1.54) is 17.7 Å². The van der Waals surface area contributed by atoms with Crippen molar-refractivity contribution in [3.05, 3.63) is 22.4 Å². The van der Waals surface area contributed by atoms with Gasteiger partial charge in [0.2, 0.25) is 5.91 Å². The zero-order chi connectivity index (χ0) is 21.5. The summed E-state index contributed by atoms with van der Waals surface area (Å²) < 4.78 is 0. The smallest absolute Gasteiger partial charge is 0.225 e. The van der Waals surface area contributed by atoms with E-state index in [1.807, 2.05) is 18.4 Å². The van der Waals surface area contributed by atoms with Crippen molar-refractivity contribution >= 4 is 47.2 Å². The fraction of sp³-hybridized carbons (Fsp3) is 0.739. The standard InChI is InChI=1S/C23H38N6OS.HI/c1-24-23(29-16-12-27(13-17-29)19-21-7-4-18-31-21)25-8-9-26-10-14-28(15-11-26)22(30)20-5-2-3-6-20;/h4,7,18,20H,2-3,5-6,8-17,19H2,1H3,(H,24,25);1H. The number of thiophene rings is 1. The van der Waals surface area contributed by atoms with Crippen LogP contribution in [0.3, 0.4) is 0 Å². The molecule has 2 aliphatic heterocycles. The largest absolute Gasteiger partial charge is 0.355 e. The summed E-state index contributed by atoms with van der Waals surface area (Å²) in [5.41, 5.74) is 0. The lowest BCUT2D eigenvalue weighted by molar-refractivity contribution is -0.137. The Bertz CT molecular complexity index is 708. The van der Waals surface area contributed by atoms with Gasteiger partial charge >= 0.3 is 0 Å². The topological polar surface area (TPSA) is 54.4 Å². The summed E-state index contributed by atoms with van der Waals surface area (Å²) in [7, 11) is 1.88. The molecule has 0 unspecified atom stereocenters. The van der Waals surface area contributed by atoms with Crippen molar-refractivity contribution in [3.63, 3.8) is 0 Å². The number of nitrogens with one attached hydrogen (secondary N) is 1. The molecule has 0 atom stereocenters. The Morgan fingerprint density at radius 3 is 2.31 bits per heavy atom. The van der Waals surface area contributed by atoms with E-state index in [9.17, 15) is 4.79 Å². The quantitative estimate of drug-likeness (QED) is 0.322. The minimum absolute atomic E-state index is 0. The summed E-state index contributed by atoms with van der Waals surface area (Å²) in [5.74, 6) is 1.74. The van der Waals surface area contributed by atoms with Gasteiger partial charge in [0.25, 0.3) is 0 Å². The lowest BCUT2D eigenvalue weighted by Gasteiger charge is -2.37. The molecule has 1 N–H and O–H groups in total. The maximum atomic E-state index is 12.6. The molecule has 3 fully saturated rings. The summed E-state index contributed by atoms with van der Waals surface area (Å²) in [5, 5.41) is 5.72. The second kappa shape index (κ2) is 13.1. The number of halogens is 1. The number of carbonyl (C=O) groups excluding carboxylic acids is 1. The van der Waals surface area contributed by atoms with E-state index >= 15 is 0 Å². The predicted molar refractivity (Wildman–Crippen MR) is 143 cm³/mol. The summed E-state index contributed by atoms with van der Waals surface area (Å²) in [6.45, 7) is 10.9. The van der Waals surface area contributed by atoms with E-state index in [-0.39, 0.29) is 24.0 Å². The third-order valence-electron chi connectivity index (χ3n) is 6.94. The highest BCUT2D eigenvalue weighted by molar-refractivity contribution is 14.0. The summed E-state index contributed by atoms with van der Waals surface area (Å²) >= 11 is 1.84. The Labute approximate surface area is 214 Å². The monoisotopic (exact) mass is 574 g/mol. The van der Waals surface area contributed by atoms with E-state index in [0.29, 0.717) is 11.8 Å². The normalized spacial score (nSPS) is 21.6. The molecular formula is C23H39IN6OS. The van der Waals surface area contributed by atoms with E-state index in [1.54, 1.807) is 0 Å². The van der Waals surface area contributed by atoms with Gasteiger partial charge in [-0.25, -0.2) is 0 Å². The molecular weight excluding hydrogens is 535 g/mol. The number of carbonyl (C=O) groups is 1. The maximum absolute atomic E-state index is 12.6. The Kier molecular flexibility index (Phi) is 10.5. The van der Waals surface area contributed by atoms with Gasteiger partial charge in [-0.1, -0.05) is 18.9 Å². The third kappa shape index (κ3) is 7.04. The second-order valence-electron chi connectivity index (χ2n) is 8.96. The summed E-state index contributed by atoms with van der Waals surface area (Å²) in [4.78, 5) is 28.1. The number of piperazine rings is 2. The Balaban J connectivity index is 0.00000289. The van der Waals surface area contributed by atoms with Crippen molar-refractivity contribution in [1.29, 1.82) is 0 Å². The highest BCUT2D eigenvalue weighted by Crippen LogP contribution is 2.26. The van der Waals surface area contributed by atoms with Crippen molar-refractivity contribution in [2.75, 3.05) is 72.5 Å². The Morgan fingerprint density at radius 2 is 1.69 bits per heavy atom. The number of rotatable bonds is 6. The molecule has 4 rings (SSSR count). The lowest BCUT2D eigenvalue weighted by Crippen LogP contribution is -2.54. The first-order chi connectivity index (χ1) is 15.2. The molecule has 3 aliphatic rings. The van der Waals surface area contributed by atoms with Gasteiger partial charge in [0.1, 0.15) is 0 Å². The molecule has 1 aromatic rings. The molecule has 7 nitrogen and oxygen atoms in total. The summed E-state index contributed by atoms with van der Waals surface area (Å²) in [6, 6.07) is 4.36. The van der Waals surface area contributed by atoms with Gasteiger partial charge in [-0.15, -0.1) is 35.3 Å². The average molecular weight is 575 g/mol. The van der Waals surface area contributed by atoms with Crippen LogP contribution < -0.4 is 5.32 Å². The van der Waals surface area contributed by atoms with Crippen LogP contribution in [-0.4, -0.2) is 104 Å². The minimum Gasteiger partial charge on any atom is -0.355 e. The van der Waals surface area contributed by atoms with E-state index in [2.05, 4.69) is 47.4 Å². The molecule has 1 aromatic heterocycles. The molecule has 32 heavy (non-hydrogen) atoms. The molecule has 1 amide bonds. The number of guanidine groups is 1. The fourth-order valence-corrected chi connectivity index (χ4v) is 5.77. The number of nitrogens with zero attached hydrogens (tertiary/aromatic N) is 5. The van der Waals surface area contributed by atoms with Crippen molar-refractivity contribution < 1.29 is 4.79 Å². The van der Waals surface area contributed by atoms with Gasteiger partial charge in [0.15, 0.2) is 5.96 Å². The SMILES string of the molecule is CN=C(NCCN1CCN(C(=O)C2CCCC2)CC1)N1CCN(Cc2cccs2)CC1.I. The zero-order valence-corrected chi connectivity index (χ0v) is 22.5. The molecule has 0 spiro atoms. The molecule has 180 valence electrons. The van der Waals surface area contributed by atoms with Crippen LogP contribution in [0.15, 0.2) is 22.5 Å². The number of aliphatic imine (C=N–C) groups is 1. The van der Waals surface area contributed by atoms with Crippen LogP contribution in [0, 0.1) is 5.92 Å². The second-order valence-corrected chi connectivity index (χ2v) is 10.00. The first-order valence-electron chi connectivity index (χ1n) is 11.9. The minimum atomic E-state index is 0. The first kappa shape index (κ1) is 25.7. The maximum Gasteiger partial charge on any atom is 0.225 e. The van der Waals surface area contributed by atoms with Gasteiger partial charge in [0.05, 0.1) is 0 Å². The molecule has 0 aromatic carbocycles. The van der Waals surface area contributed by atoms with Crippen LogP contribution in [0.1, 0.15) is 30.6 Å². The van der Waals surface area contributed by atoms with E-state index in [0.717, 1.165) is 90.8 Å². The number of amides is 1. The highest BCUT2D eigenvalue weighted by Gasteiger charge is 2.29. The number of hydrogen-bond acceptors (Lipinski definition) is 5. The lowest BCUT2D eigenvalue weighted by atomic mass is 10.1. The Morgan fingerprint density at radius 1 is 1.03 bits per heavy atom.